The van der Waals surface area contributed by atoms with Crippen molar-refractivity contribution in [1.82, 2.24) is 0 Å². The maximum Gasteiger partial charge on any atom is 0.0947 e. The molecule has 0 aliphatic carbocycles. The number of benzene rings is 1. The number of nitrogens with two attached hydrogens (primary N) is 1. The molecule has 1 rings (SSSR count). The molecule has 0 heterocycles. The highest BCUT2D eigenvalue weighted by Gasteiger charge is 2.09. The van der Waals surface area contributed by atoms with Gasteiger partial charge in [-0.3, -0.25) is 0 Å². The smallest absolute Gasteiger partial charge is 0.0947 e. The molecular formula is C15H25NO3. The Bertz CT molecular complexity index is 344. The second kappa shape index (κ2) is 9.92. The Labute approximate surface area is 115 Å². The quantitative estimate of drug-likeness (QED) is 0.659. The SMILES string of the molecule is COCCOCCCOC(CN)c1cccc(C)c1. The van der Waals surface area contributed by atoms with Crippen LogP contribution in [0.2, 0.25) is 0 Å². The molecule has 0 bridgehead atoms. The molecule has 1 atom stereocenters. The molecule has 108 valence electrons. The van der Waals surface area contributed by atoms with Crippen molar-refractivity contribution in [3.05, 3.63) is 35.4 Å². The molecule has 4 heteroatoms. The Hall–Kier alpha value is -0.940. The van der Waals surface area contributed by atoms with E-state index in [0.29, 0.717) is 33.0 Å². The molecule has 2 N–H and O–H groups in total. The van der Waals surface area contributed by atoms with Crippen LogP contribution in [-0.2, 0) is 14.2 Å². The fraction of sp³-hybridized carbons (Fsp3) is 0.600. The van der Waals surface area contributed by atoms with Crippen LogP contribution in [0.3, 0.4) is 0 Å². The molecule has 0 radical (unpaired) electrons. The van der Waals surface area contributed by atoms with E-state index in [1.165, 1.54) is 5.56 Å². The Morgan fingerprint density at radius 2 is 2.00 bits per heavy atom. The Morgan fingerprint density at radius 1 is 1.16 bits per heavy atom. The molecule has 19 heavy (non-hydrogen) atoms. The van der Waals surface area contributed by atoms with E-state index in [1.54, 1.807) is 7.11 Å². The summed E-state index contributed by atoms with van der Waals surface area (Å²) in [7, 11) is 1.67. The zero-order valence-corrected chi connectivity index (χ0v) is 11.9. The number of methoxy groups -OCH3 is 1. The first-order valence-corrected chi connectivity index (χ1v) is 6.73. The minimum Gasteiger partial charge on any atom is -0.382 e. The minimum absolute atomic E-state index is 0.0288. The summed E-state index contributed by atoms with van der Waals surface area (Å²) in [6.45, 7) is 5.18. The van der Waals surface area contributed by atoms with Gasteiger partial charge in [-0.15, -0.1) is 0 Å². The summed E-state index contributed by atoms with van der Waals surface area (Å²) in [5.74, 6) is 0. The first-order chi connectivity index (χ1) is 9.27. The predicted molar refractivity (Wildman–Crippen MR) is 76.2 cm³/mol. The van der Waals surface area contributed by atoms with Gasteiger partial charge >= 0.3 is 0 Å². The third kappa shape index (κ3) is 6.68. The number of hydrogen-bond acceptors (Lipinski definition) is 4. The monoisotopic (exact) mass is 267 g/mol. The van der Waals surface area contributed by atoms with Crippen molar-refractivity contribution >= 4 is 0 Å². The van der Waals surface area contributed by atoms with Gasteiger partial charge in [0.1, 0.15) is 0 Å². The lowest BCUT2D eigenvalue weighted by Crippen LogP contribution is -2.17. The number of aryl methyl sites for hydroxylation is 1. The molecule has 0 aliphatic rings. The van der Waals surface area contributed by atoms with E-state index in [1.807, 2.05) is 6.07 Å². The maximum atomic E-state index is 5.80. The molecule has 0 fully saturated rings. The highest BCUT2D eigenvalue weighted by Crippen LogP contribution is 2.17. The number of rotatable bonds is 10. The summed E-state index contributed by atoms with van der Waals surface area (Å²) in [5.41, 5.74) is 8.13. The van der Waals surface area contributed by atoms with Crippen LogP contribution in [0, 0.1) is 6.92 Å². The molecule has 0 saturated carbocycles. The Morgan fingerprint density at radius 3 is 2.68 bits per heavy atom. The second-order valence-electron chi connectivity index (χ2n) is 4.47. The average Bonchev–Trinajstić information content (AvgIpc) is 2.42. The van der Waals surface area contributed by atoms with Gasteiger partial charge in [-0.25, -0.2) is 0 Å². The molecule has 0 amide bonds. The predicted octanol–water partition coefficient (Wildman–Crippen LogP) is 2.06. The third-order valence-corrected chi connectivity index (χ3v) is 2.81. The van der Waals surface area contributed by atoms with Crippen LogP contribution in [0.25, 0.3) is 0 Å². The maximum absolute atomic E-state index is 5.80. The van der Waals surface area contributed by atoms with E-state index in [4.69, 9.17) is 19.9 Å². The van der Waals surface area contributed by atoms with Gasteiger partial charge < -0.3 is 19.9 Å². The first kappa shape index (κ1) is 16.1. The van der Waals surface area contributed by atoms with E-state index in [0.717, 1.165) is 12.0 Å². The molecule has 1 aromatic carbocycles. The minimum atomic E-state index is -0.0288. The fourth-order valence-corrected chi connectivity index (χ4v) is 1.80. The normalized spacial score (nSPS) is 12.6. The summed E-state index contributed by atoms with van der Waals surface area (Å²) >= 11 is 0. The zero-order valence-electron chi connectivity index (χ0n) is 11.9. The van der Waals surface area contributed by atoms with Crippen molar-refractivity contribution in [2.24, 2.45) is 5.73 Å². The first-order valence-electron chi connectivity index (χ1n) is 6.73. The van der Waals surface area contributed by atoms with Crippen molar-refractivity contribution in [3.63, 3.8) is 0 Å². The fourth-order valence-electron chi connectivity index (χ4n) is 1.80. The highest BCUT2D eigenvalue weighted by molar-refractivity contribution is 5.24. The standard InChI is InChI=1S/C15H25NO3/c1-13-5-3-6-14(11-13)15(12-16)19-8-4-7-18-10-9-17-2/h3,5-6,11,15H,4,7-10,12,16H2,1-2H3. The van der Waals surface area contributed by atoms with E-state index >= 15 is 0 Å². The molecule has 1 aromatic rings. The molecule has 4 nitrogen and oxygen atoms in total. The van der Waals surface area contributed by atoms with Crippen molar-refractivity contribution in [2.75, 3.05) is 40.1 Å². The number of hydrogen-bond donors (Lipinski definition) is 1. The van der Waals surface area contributed by atoms with Gasteiger partial charge in [0, 0.05) is 26.9 Å². The van der Waals surface area contributed by atoms with E-state index in [2.05, 4.69) is 25.1 Å². The van der Waals surface area contributed by atoms with Gasteiger partial charge in [0.2, 0.25) is 0 Å². The van der Waals surface area contributed by atoms with Crippen LogP contribution in [-0.4, -0.2) is 40.1 Å². The van der Waals surface area contributed by atoms with Gasteiger partial charge in [0.25, 0.3) is 0 Å². The van der Waals surface area contributed by atoms with Crippen LogP contribution in [0.5, 0.6) is 0 Å². The molecule has 0 saturated heterocycles. The summed E-state index contributed by atoms with van der Waals surface area (Å²) in [6.07, 6.45) is 0.838. The van der Waals surface area contributed by atoms with Gasteiger partial charge in [0.15, 0.2) is 0 Å². The second-order valence-corrected chi connectivity index (χ2v) is 4.47. The largest absolute Gasteiger partial charge is 0.382 e. The van der Waals surface area contributed by atoms with Crippen LogP contribution in [0.1, 0.15) is 23.7 Å². The van der Waals surface area contributed by atoms with Gasteiger partial charge in [0.05, 0.1) is 19.3 Å². The Kier molecular flexibility index (Phi) is 8.41. The summed E-state index contributed by atoms with van der Waals surface area (Å²) < 4.78 is 16.1. The topological polar surface area (TPSA) is 53.7 Å². The van der Waals surface area contributed by atoms with Crippen LogP contribution in [0.4, 0.5) is 0 Å². The molecule has 0 spiro atoms. The van der Waals surface area contributed by atoms with Crippen molar-refractivity contribution in [3.8, 4) is 0 Å². The van der Waals surface area contributed by atoms with Crippen LogP contribution < -0.4 is 5.73 Å². The van der Waals surface area contributed by atoms with E-state index in [9.17, 15) is 0 Å². The van der Waals surface area contributed by atoms with E-state index < -0.39 is 0 Å². The Balaban J connectivity index is 2.22. The van der Waals surface area contributed by atoms with Crippen molar-refractivity contribution in [2.45, 2.75) is 19.4 Å². The molecule has 1 unspecified atom stereocenters. The lowest BCUT2D eigenvalue weighted by atomic mass is 10.1. The van der Waals surface area contributed by atoms with Gasteiger partial charge in [-0.05, 0) is 18.9 Å². The van der Waals surface area contributed by atoms with Gasteiger partial charge in [-0.1, -0.05) is 29.8 Å². The lowest BCUT2D eigenvalue weighted by molar-refractivity contribution is 0.0261. The summed E-state index contributed by atoms with van der Waals surface area (Å²) in [4.78, 5) is 0. The van der Waals surface area contributed by atoms with Crippen LogP contribution in [0.15, 0.2) is 24.3 Å². The molecular weight excluding hydrogens is 242 g/mol. The number of ether oxygens (including phenoxy) is 3. The average molecular weight is 267 g/mol. The van der Waals surface area contributed by atoms with Crippen LogP contribution >= 0.6 is 0 Å². The zero-order chi connectivity index (χ0) is 13.9. The lowest BCUT2D eigenvalue weighted by Gasteiger charge is -2.17. The summed E-state index contributed by atoms with van der Waals surface area (Å²) in [5, 5.41) is 0. The molecule has 0 aliphatic heterocycles. The van der Waals surface area contributed by atoms with E-state index in [-0.39, 0.29) is 6.10 Å². The van der Waals surface area contributed by atoms with Crippen molar-refractivity contribution in [1.29, 1.82) is 0 Å². The van der Waals surface area contributed by atoms with Crippen molar-refractivity contribution < 1.29 is 14.2 Å². The molecule has 0 aromatic heterocycles. The summed E-state index contributed by atoms with van der Waals surface area (Å²) in [6, 6.07) is 8.28. The third-order valence-electron chi connectivity index (χ3n) is 2.81. The van der Waals surface area contributed by atoms with Gasteiger partial charge in [-0.2, -0.15) is 0 Å². The highest BCUT2D eigenvalue weighted by atomic mass is 16.5.